The number of nitriles is 1. The van der Waals surface area contributed by atoms with Gasteiger partial charge >= 0.3 is 0 Å². The molecule has 0 heterocycles. The summed E-state index contributed by atoms with van der Waals surface area (Å²) in [6.45, 7) is 1.78. The highest BCUT2D eigenvalue weighted by molar-refractivity contribution is 5.31. The highest BCUT2D eigenvalue weighted by Crippen LogP contribution is 2.24. The van der Waals surface area contributed by atoms with E-state index in [-0.39, 0.29) is 0 Å². The molecule has 1 unspecified atom stereocenters. The maximum atomic E-state index is 13.4. The maximum absolute atomic E-state index is 13.4. The molecule has 0 aliphatic rings. The number of benzene rings is 1. The van der Waals surface area contributed by atoms with Gasteiger partial charge in [-0.3, -0.25) is 0 Å². The van der Waals surface area contributed by atoms with Gasteiger partial charge in [0.2, 0.25) is 0 Å². The third-order valence-corrected chi connectivity index (χ3v) is 1.92. The lowest BCUT2D eigenvalue weighted by atomic mass is 10.2. The molecule has 0 aromatic heterocycles. The Morgan fingerprint density at radius 2 is 2.00 bits per heavy atom. The Labute approximate surface area is 92.6 Å². The molecular formula is C11H12F2N2O. The summed E-state index contributed by atoms with van der Waals surface area (Å²) in [5, 5.41) is 11.3. The van der Waals surface area contributed by atoms with Crippen LogP contribution in [0.5, 0.6) is 5.75 Å². The molecule has 0 fully saturated rings. The molecule has 16 heavy (non-hydrogen) atoms. The third-order valence-electron chi connectivity index (χ3n) is 1.92. The summed E-state index contributed by atoms with van der Waals surface area (Å²) in [5.74, 6) is -2.10. The zero-order chi connectivity index (χ0) is 12.1. The minimum absolute atomic E-state index is 0.363. The Bertz CT molecular complexity index is 392. The number of hydrogen-bond donors (Lipinski definition) is 1. The van der Waals surface area contributed by atoms with E-state index in [1.807, 2.05) is 0 Å². The van der Waals surface area contributed by atoms with E-state index in [1.54, 1.807) is 13.1 Å². The van der Waals surface area contributed by atoms with Crippen molar-refractivity contribution in [1.29, 1.82) is 5.26 Å². The molecule has 1 N–H and O–H groups in total. The van der Waals surface area contributed by atoms with Crippen molar-refractivity contribution in [1.82, 2.24) is 5.32 Å². The first-order chi connectivity index (χ1) is 7.58. The highest BCUT2D eigenvalue weighted by Gasteiger charge is 2.14. The SMILES string of the molecule is CNCc1cc(F)c(OC(C)C#N)c(F)c1. The van der Waals surface area contributed by atoms with E-state index in [0.717, 1.165) is 0 Å². The van der Waals surface area contributed by atoms with Gasteiger partial charge in [-0.05, 0) is 31.7 Å². The molecule has 1 aromatic rings. The summed E-state index contributed by atoms with van der Waals surface area (Å²) < 4.78 is 31.7. The summed E-state index contributed by atoms with van der Waals surface area (Å²) in [4.78, 5) is 0. The second kappa shape index (κ2) is 5.42. The molecule has 0 saturated carbocycles. The van der Waals surface area contributed by atoms with E-state index in [1.165, 1.54) is 19.1 Å². The van der Waals surface area contributed by atoms with Crippen molar-refractivity contribution < 1.29 is 13.5 Å². The van der Waals surface area contributed by atoms with Crippen molar-refractivity contribution in [2.24, 2.45) is 0 Å². The average molecular weight is 226 g/mol. The van der Waals surface area contributed by atoms with Crippen LogP contribution in [0.25, 0.3) is 0 Å². The summed E-state index contributed by atoms with van der Waals surface area (Å²) in [6, 6.07) is 4.10. The molecule has 0 radical (unpaired) electrons. The fourth-order valence-electron chi connectivity index (χ4n) is 1.23. The predicted molar refractivity (Wildman–Crippen MR) is 54.8 cm³/mol. The summed E-state index contributed by atoms with van der Waals surface area (Å²) >= 11 is 0. The van der Waals surface area contributed by atoms with Gasteiger partial charge < -0.3 is 10.1 Å². The van der Waals surface area contributed by atoms with Crippen LogP contribution in [0, 0.1) is 23.0 Å². The summed E-state index contributed by atoms with van der Waals surface area (Å²) in [5.41, 5.74) is 0.481. The molecule has 0 saturated heterocycles. The van der Waals surface area contributed by atoms with Gasteiger partial charge in [0.05, 0.1) is 0 Å². The molecule has 1 rings (SSSR count). The van der Waals surface area contributed by atoms with Crippen LogP contribution in [0.15, 0.2) is 12.1 Å². The van der Waals surface area contributed by atoms with Crippen LogP contribution in [0.3, 0.4) is 0 Å². The molecule has 1 aromatic carbocycles. The number of nitrogens with zero attached hydrogens (tertiary/aromatic N) is 1. The van der Waals surface area contributed by atoms with E-state index >= 15 is 0 Å². The monoisotopic (exact) mass is 226 g/mol. The zero-order valence-corrected chi connectivity index (χ0v) is 9.05. The van der Waals surface area contributed by atoms with Crippen molar-refractivity contribution in [3.8, 4) is 11.8 Å². The molecule has 0 aliphatic heterocycles. The Morgan fingerprint density at radius 3 is 2.44 bits per heavy atom. The van der Waals surface area contributed by atoms with Crippen LogP contribution in [0.1, 0.15) is 12.5 Å². The van der Waals surface area contributed by atoms with Crippen LogP contribution in [0.2, 0.25) is 0 Å². The standard InChI is InChI=1S/C11H12F2N2O/c1-7(5-14)16-11-9(12)3-8(6-15-2)4-10(11)13/h3-4,7,15H,6H2,1-2H3. The first kappa shape index (κ1) is 12.4. The predicted octanol–water partition coefficient (Wildman–Crippen LogP) is 1.98. The highest BCUT2D eigenvalue weighted by atomic mass is 19.1. The van der Waals surface area contributed by atoms with Gasteiger partial charge in [-0.15, -0.1) is 0 Å². The normalized spacial score (nSPS) is 11.9. The second-order valence-corrected chi connectivity index (χ2v) is 3.31. The minimum atomic E-state index is -0.890. The van der Waals surface area contributed by atoms with Crippen molar-refractivity contribution in [2.75, 3.05) is 7.05 Å². The van der Waals surface area contributed by atoms with Crippen LogP contribution in [-0.2, 0) is 6.54 Å². The molecule has 3 nitrogen and oxygen atoms in total. The van der Waals surface area contributed by atoms with Crippen molar-refractivity contribution in [3.63, 3.8) is 0 Å². The molecule has 0 aliphatic carbocycles. The summed E-state index contributed by atoms with van der Waals surface area (Å²) in [6.07, 6.45) is -0.890. The quantitative estimate of drug-likeness (QED) is 0.853. The molecule has 0 bridgehead atoms. The molecule has 5 heteroatoms. The van der Waals surface area contributed by atoms with Gasteiger partial charge in [-0.1, -0.05) is 0 Å². The first-order valence-corrected chi connectivity index (χ1v) is 4.77. The van der Waals surface area contributed by atoms with Crippen molar-refractivity contribution in [2.45, 2.75) is 19.6 Å². The second-order valence-electron chi connectivity index (χ2n) is 3.31. The Morgan fingerprint density at radius 1 is 1.44 bits per heavy atom. The van der Waals surface area contributed by atoms with Gasteiger partial charge in [0.25, 0.3) is 0 Å². The molecule has 0 amide bonds. The fourth-order valence-corrected chi connectivity index (χ4v) is 1.23. The molecule has 1 atom stereocenters. The molecule has 86 valence electrons. The minimum Gasteiger partial charge on any atom is -0.470 e. The van der Waals surface area contributed by atoms with E-state index < -0.39 is 23.5 Å². The van der Waals surface area contributed by atoms with Gasteiger partial charge in [0.15, 0.2) is 23.5 Å². The van der Waals surface area contributed by atoms with Crippen LogP contribution in [-0.4, -0.2) is 13.2 Å². The van der Waals surface area contributed by atoms with E-state index in [0.29, 0.717) is 12.1 Å². The van der Waals surface area contributed by atoms with E-state index in [2.05, 4.69) is 5.32 Å². The number of hydrogen-bond acceptors (Lipinski definition) is 3. The average Bonchev–Trinajstić information content (AvgIpc) is 2.23. The lowest BCUT2D eigenvalue weighted by molar-refractivity contribution is 0.249. The number of halogens is 2. The van der Waals surface area contributed by atoms with Crippen LogP contribution in [0.4, 0.5) is 8.78 Å². The zero-order valence-electron chi connectivity index (χ0n) is 9.05. The number of ether oxygens (including phenoxy) is 1. The van der Waals surface area contributed by atoms with Crippen LogP contribution >= 0.6 is 0 Å². The smallest absolute Gasteiger partial charge is 0.192 e. The first-order valence-electron chi connectivity index (χ1n) is 4.77. The Hall–Kier alpha value is -1.67. The number of rotatable bonds is 4. The van der Waals surface area contributed by atoms with Gasteiger partial charge in [-0.2, -0.15) is 5.26 Å². The lowest BCUT2D eigenvalue weighted by Crippen LogP contribution is -2.12. The van der Waals surface area contributed by atoms with E-state index in [9.17, 15) is 8.78 Å². The van der Waals surface area contributed by atoms with Gasteiger partial charge in [0, 0.05) is 6.54 Å². The van der Waals surface area contributed by atoms with Gasteiger partial charge in [0.1, 0.15) is 6.07 Å². The van der Waals surface area contributed by atoms with Gasteiger partial charge in [-0.25, -0.2) is 8.78 Å². The molecular weight excluding hydrogens is 214 g/mol. The fraction of sp³-hybridized carbons (Fsp3) is 0.364. The lowest BCUT2D eigenvalue weighted by Gasteiger charge is -2.11. The Kier molecular flexibility index (Phi) is 4.20. The molecule has 0 spiro atoms. The largest absolute Gasteiger partial charge is 0.470 e. The third kappa shape index (κ3) is 2.91. The van der Waals surface area contributed by atoms with Crippen LogP contribution < -0.4 is 10.1 Å². The van der Waals surface area contributed by atoms with Crippen molar-refractivity contribution >= 4 is 0 Å². The number of nitrogens with one attached hydrogen (secondary N) is 1. The topological polar surface area (TPSA) is 45.0 Å². The summed E-state index contributed by atoms with van der Waals surface area (Å²) in [7, 11) is 1.68. The Balaban J connectivity index is 2.99. The van der Waals surface area contributed by atoms with E-state index in [4.69, 9.17) is 10.00 Å². The maximum Gasteiger partial charge on any atom is 0.192 e. The van der Waals surface area contributed by atoms with Crippen molar-refractivity contribution in [3.05, 3.63) is 29.3 Å².